The summed E-state index contributed by atoms with van der Waals surface area (Å²) in [4.78, 5) is 49.7. The Bertz CT molecular complexity index is 600. The maximum atomic E-state index is 12.4. The van der Waals surface area contributed by atoms with Gasteiger partial charge < -0.3 is 23.7 Å². The van der Waals surface area contributed by atoms with Crippen LogP contribution in [0.1, 0.15) is 27.7 Å². The molecule has 27 heavy (non-hydrogen) atoms. The highest BCUT2D eigenvalue weighted by Crippen LogP contribution is 2.45. The minimum absolute atomic E-state index is 0.0546. The van der Waals surface area contributed by atoms with E-state index >= 15 is 0 Å². The van der Waals surface area contributed by atoms with Gasteiger partial charge in [0.2, 0.25) is 0 Å². The summed E-state index contributed by atoms with van der Waals surface area (Å²) in [6.07, 6.45) is -2.51. The van der Waals surface area contributed by atoms with Crippen LogP contribution in [0.2, 0.25) is 0 Å². The number of fused-ring (bicyclic) bond motifs is 2. The Kier molecular flexibility index (Phi) is 6.73. The van der Waals surface area contributed by atoms with Gasteiger partial charge in [-0.3, -0.25) is 0 Å². The lowest BCUT2D eigenvalue weighted by Gasteiger charge is -2.19. The van der Waals surface area contributed by atoms with Gasteiger partial charge in [-0.05, 0) is 27.7 Å². The predicted octanol–water partition coefficient (Wildman–Crippen LogP) is 0.613. The molecule has 0 spiro atoms. The SMILES string of the molecule is CCOC(=O)C1=C(C(=O)OCC)C2OC1C(C(=O)OCC)=C2C(=O)OCC. The third-order valence-electron chi connectivity index (χ3n) is 3.88. The van der Waals surface area contributed by atoms with E-state index < -0.39 is 36.1 Å². The first-order chi connectivity index (χ1) is 12.9. The lowest BCUT2D eigenvalue weighted by molar-refractivity contribution is -0.143. The number of carbonyl (C=O) groups excluding carboxylic acids is 4. The topological polar surface area (TPSA) is 114 Å². The lowest BCUT2D eigenvalue weighted by Crippen LogP contribution is -2.32. The van der Waals surface area contributed by atoms with Crippen LogP contribution in [0, 0.1) is 0 Å². The van der Waals surface area contributed by atoms with Crippen LogP contribution in [0.5, 0.6) is 0 Å². The molecule has 0 radical (unpaired) electrons. The van der Waals surface area contributed by atoms with Crippen LogP contribution >= 0.6 is 0 Å². The summed E-state index contributed by atoms with van der Waals surface area (Å²) in [5, 5.41) is 0. The van der Waals surface area contributed by atoms with Crippen LogP contribution in [-0.2, 0) is 42.9 Å². The Labute approximate surface area is 156 Å². The summed E-state index contributed by atoms with van der Waals surface area (Å²) >= 11 is 0. The van der Waals surface area contributed by atoms with E-state index in [0.717, 1.165) is 0 Å². The average Bonchev–Trinajstić information content (AvgIpc) is 3.18. The lowest BCUT2D eigenvalue weighted by atomic mass is 9.85. The van der Waals surface area contributed by atoms with Crippen molar-refractivity contribution in [3.8, 4) is 0 Å². The molecule has 0 aromatic heterocycles. The number of ether oxygens (including phenoxy) is 5. The van der Waals surface area contributed by atoms with Gasteiger partial charge in [-0.1, -0.05) is 0 Å². The molecule has 0 unspecified atom stereocenters. The number of esters is 4. The molecule has 0 aliphatic carbocycles. The van der Waals surface area contributed by atoms with Crippen molar-refractivity contribution in [1.29, 1.82) is 0 Å². The summed E-state index contributed by atoms with van der Waals surface area (Å²) in [5.74, 6) is -3.29. The van der Waals surface area contributed by atoms with Gasteiger partial charge in [0.05, 0.1) is 48.7 Å². The van der Waals surface area contributed by atoms with Crippen LogP contribution in [-0.4, -0.2) is 62.5 Å². The van der Waals surface area contributed by atoms with Crippen molar-refractivity contribution in [2.75, 3.05) is 26.4 Å². The second-order valence-electron chi connectivity index (χ2n) is 5.43. The van der Waals surface area contributed by atoms with E-state index in [1.165, 1.54) is 0 Å². The van der Waals surface area contributed by atoms with Gasteiger partial charge >= 0.3 is 23.9 Å². The summed E-state index contributed by atoms with van der Waals surface area (Å²) in [7, 11) is 0. The molecule has 0 fully saturated rings. The van der Waals surface area contributed by atoms with E-state index in [0.29, 0.717) is 0 Å². The van der Waals surface area contributed by atoms with Crippen molar-refractivity contribution in [1.82, 2.24) is 0 Å². The standard InChI is InChI=1S/C18H22O9/c1-5-23-15(19)9-10(16(20)24-6-2)14-12(18(22)26-8-4)11(13(9)27-14)17(21)25-7-3/h13-14H,5-8H2,1-4H3. The van der Waals surface area contributed by atoms with Gasteiger partial charge in [0.1, 0.15) is 12.2 Å². The molecule has 0 N–H and O–H groups in total. The smallest absolute Gasteiger partial charge is 0.337 e. The molecule has 9 nitrogen and oxygen atoms in total. The molecule has 0 saturated heterocycles. The first kappa shape index (κ1) is 20.6. The van der Waals surface area contributed by atoms with Gasteiger partial charge in [-0.15, -0.1) is 0 Å². The molecule has 0 atom stereocenters. The Morgan fingerprint density at radius 1 is 0.593 bits per heavy atom. The quantitative estimate of drug-likeness (QED) is 0.440. The van der Waals surface area contributed by atoms with E-state index in [-0.39, 0.29) is 48.7 Å². The monoisotopic (exact) mass is 382 g/mol. The molecule has 0 aromatic carbocycles. The Hall–Kier alpha value is -2.68. The zero-order valence-corrected chi connectivity index (χ0v) is 15.7. The number of rotatable bonds is 8. The van der Waals surface area contributed by atoms with Gasteiger partial charge in [0.25, 0.3) is 0 Å². The molecule has 0 aromatic rings. The van der Waals surface area contributed by atoms with E-state index in [9.17, 15) is 19.2 Å². The molecule has 0 saturated carbocycles. The molecule has 2 bridgehead atoms. The van der Waals surface area contributed by atoms with Crippen LogP contribution in [0.25, 0.3) is 0 Å². The van der Waals surface area contributed by atoms with Crippen molar-refractivity contribution >= 4 is 23.9 Å². The molecule has 9 heteroatoms. The second-order valence-corrected chi connectivity index (χ2v) is 5.43. The highest BCUT2D eigenvalue weighted by Gasteiger charge is 2.56. The molecule has 2 rings (SSSR count). The first-order valence-corrected chi connectivity index (χ1v) is 8.74. The van der Waals surface area contributed by atoms with Crippen LogP contribution < -0.4 is 0 Å². The maximum absolute atomic E-state index is 12.4. The van der Waals surface area contributed by atoms with Crippen LogP contribution in [0.3, 0.4) is 0 Å². The second kappa shape index (κ2) is 8.81. The van der Waals surface area contributed by atoms with Gasteiger partial charge in [0.15, 0.2) is 0 Å². The fourth-order valence-electron chi connectivity index (χ4n) is 2.97. The van der Waals surface area contributed by atoms with Gasteiger partial charge in [-0.2, -0.15) is 0 Å². The van der Waals surface area contributed by atoms with Crippen LogP contribution in [0.4, 0.5) is 0 Å². The fourth-order valence-corrected chi connectivity index (χ4v) is 2.97. The average molecular weight is 382 g/mol. The Morgan fingerprint density at radius 2 is 0.815 bits per heavy atom. The largest absolute Gasteiger partial charge is 0.463 e. The normalized spacial score (nSPS) is 20.6. The highest BCUT2D eigenvalue weighted by atomic mass is 16.6. The minimum Gasteiger partial charge on any atom is -0.463 e. The highest BCUT2D eigenvalue weighted by molar-refractivity contribution is 6.13. The van der Waals surface area contributed by atoms with E-state index in [1.54, 1.807) is 27.7 Å². The first-order valence-electron chi connectivity index (χ1n) is 8.74. The maximum Gasteiger partial charge on any atom is 0.337 e. The van der Waals surface area contributed by atoms with Crippen molar-refractivity contribution in [3.05, 3.63) is 22.3 Å². The van der Waals surface area contributed by atoms with E-state index in [4.69, 9.17) is 23.7 Å². The molecule has 0 amide bonds. The fraction of sp³-hybridized carbons (Fsp3) is 0.556. The zero-order valence-electron chi connectivity index (χ0n) is 15.7. The molecular weight excluding hydrogens is 360 g/mol. The molecular formula is C18H22O9. The summed E-state index contributed by atoms with van der Waals surface area (Å²) < 4.78 is 25.6. The summed E-state index contributed by atoms with van der Waals surface area (Å²) in [6.45, 7) is 6.62. The third-order valence-corrected chi connectivity index (χ3v) is 3.88. The molecule has 148 valence electrons. The summed E-state index contributed by atoms with van der Waals surface area (Å²) in [6, 6.07) is 0. The van der Waals surface area contributed by atoms with Crippen molar-refractivity contribution in [2.24, 2.45) is 0 Å². The zero-order chi connectivity index (χ0) is 20.1. The minimum atomic E-state index is -1.26. The number of hydrogen-bond donors (Lipinski definition) is 0. The van der Waals surface area contributed by atoms with Crippen molar-refractivity contribution in [2.45, 2.75) is 39.9 Å². The molecule has 2 aliphatic rings. The van der Waals surface area contributed by atoms with Crippen molar-refractivity contribution < 1.29 is 42.9 Å². The Morgan fingerprint density at radius 3 is 1.00 bits per heavy atom. The predicted molar refractivity (Wildman–Crippen MR) is 89.2 cm³/mol. The molecule has 2 aliphatic heterocycles. The summed E-state index contributed by atoms with van der Waals surface area (Å²) in [5.41, 5.74) is -0.624. The third kappa shape index (κ3) is 3.73. The van der Waals surface area contributed by atoms with E-state index in [1.807, 2.05) is 0 Å². The van der Waals surface area contributed by atoms with Crippen molar-refractivity contribution in [3.63, 3.8) is 0 Å². The van der Waals surface area contributed by atoms with Gasteiger partial charge in [0, 0.05) is 0 Å². The van der Waals surface area contributed by atoms with E-state index in [2.05, 4.69) is 0 Å². The molecule has 2 heterocycles. The Balaban J connectivity index is 2.58. The number of carbonyl (C=O) groups is 4. The number of hydrogen-bond acceptors (Lipinski definition) is 9. The van der Waals surface area contributed by atoms with Gasteiger partial charge in [-0.25, -0.2) is 19.2 Å². The van der Waals surface area contributed by atoms with Crippen LogP contribution in [0.15, 0.2) is 22.3 Å².